The lowest BCUT2D eigenvalue weighted by Gasteiger charge is -1.90. The van der Waals surface area contributed by atoms with E-state index in [0.29, 0.717) is 5.25 Å². The van der Waals surface area contributed by atoms with Crippen molar-refractivity contribution in [3.05, 3.63) is 0 Å². The van der Waals surface area contributed by atoms with Crippen LogP contribution in [0.3, 0.4) is 0 Å². The minimum absolute atomic E-state index is 0.377. The van der Waals surface area contributed by atoms with Gasteiger partial charge in [-0.15, -0.1) is 18.2 Å². The highest BCUT2D eigenvalue weighted by atomic mass is 32.2. The Balaban J connectivity index is 2.47. The molecule has 1 aliphatic rings. The van der Waals surface area contributed by atoms with Gasteiger partial charge in [0.15, 0.2) is 0 Å². The van der Waals surface area contributed by atoms with Crippen LogP contribution in [0, 0.1) is 12.3 Å². The molecule has 0 nitrogen and oxygen atoms in total. The fourth-order valence-electron chi connectivity index (χ4n) is 0.643. The highest BCUT2D eigenvalue weighted by Crippen LogP contribution is 2.28. The van der Waals surface area contributed by atoms with E-state index in [1.165, 1.54) is 0 Å². The third kappa shape index (κ3) is 1.24. The number of hydrogen-bond acceptors (Lipinski definition) is 2. The summed E-state index contributed by atoms with van der Waals surface area (Å²) >= 11 is 6.59. The molecule has 1 heterocycles. The first kappa shape index (κ1) is 6.12. The predicted octanol–water partition coefficient (Wildman–Crippen LogP) is 1.84. The summed E-state index contributed by atoms with van der Waals surface area (Å²) < 4.78 is 1.08. The zero-order valence-corrected chi connectivity index (χ0v) is 6.02. The molecule has 0 saturated carbocycles. The molecule has 2 heteroatoms. The largest absolute Gasteiger partial charge is 0.119 e. The zero-order chi connectivity index (χ0) is 5.98. The Morgan fingerprint density at radius 2 is 2.62 bits per heavy atom. The molecule has 0 amide bonds. The minimum atomic E-state index is 0.377. The molecule has 1 saturated heterocycles. The van der Waals surface area contributed by atoms with E-state index in [9.17, 15) is 0 Å². The quantitative estimate of drug-likeness (QED) is 0.374. The Hall–Kier alpha value is -0.000000000000000111. The molecule has 1 rings (SSSR count). The lowest BCUT2D eigenvalue weighted by molar-refractivity contribution is 0.968. The summed E-state index contributed by atoms with van der Waals surface area (Å²) in [6, 6.07) is 0. The standard InChI is InChI=1S/C6H6S2/c1-2-5-3-4-6(7)8-5/h1,5H,3-4H2. The molecule has 0 aromatic rings. The lowest BCUT2D eigenvalue weighted by atomic mass is 10.3. The van der Waals surface area contributed by atoms with E-state index in [1.54, 1.807) is 11.8 Å². The van der Waals surface area contributed by atoms with Gasteiger partial charge >= 0.3 is 0 Å². The van der Waals surface area contributed by atoms with Crippen LogP contribution in [-0.4, -0.2) is 9.45 Å². The Kier molecular flexibility index (Phi) is 1.93. The maximum absolute atomic E-state index is 5.17. The van der Waals surface area contributed by atoms with Gasteiger partial charge < -0.3 is 0 Å². The summed E-state index contributed by atoms with van der Waals surface area (Å²) in [5, 5.41) is 0.377. The molecule has 1 atom stereocenters. The molecule has 1 unspecified atom stereocenters. The molecule has 42 valence electrons. The first-order chi connectivity index (χ1) is 3.83. The molecule has 1 fully saturated rings. The SMILES string of the molecule is C#CC1CCC(=S)S1. The third-order valence-electron chi connectivity index (χ3n) is 1.07. The van der Waals surface area contributed by atoms with Crippen molar-refractivity contribution in [1.29, 1.82) is 0 Å². The van der Waals surface area contributed by atoms with Crippen LogP contribution in [0.2, 0.25) is 0 Å². The average molecular weight is 142 g/mol. The van der Waals surface area contributed by atoms with E-state index in [0.717, 1.165) is 17.0 Å². The number of thiocarbonyl (C=S) groups is 1. The van der Waals surface area contributed by atoms with Gasteiger partial charge in [-0.2, -0.15) is 0 Å². The van der Waals surface area contributed by atoms with E-state index in [1.807, 2.05) is 0 Å². The van der Waals surface area contributed by atoms with Gasteiger partial charge in [-0.05, 0) is 12.8 Å². The van der Waals surface area contributed by atoms with Gasteiger partial charge in [-0.25, -0.2) is 0 Å². The zero-order valence-electron chi connectivity index (χ0n) is 4.39. The summed E-state index contributed by atoms with van der Waals surface area (Å²) in [4.78, 5) is 0. The second kappa shape index (κ2) is 2.52. The van der Waals surface area contributed by atoms with Crippen molar-refractivity contribution >= 4 is 28.2 Å². The van der Waals surface area contributed by atoms with Crippen molar-refractivity contribution in [3.63, 3.8) is 0 Å². The normalized spacial score (nSPS) is 27.9. The van der Waals surface area contributed by atoms with Gasteiger partial charge in [-0.1, -0.05) is 18.1 Å². The lowest BCUT2D eigenvalue weighted by Crippen LogP contribution is -1.87. The topological polar surface area (TPSA) is 0 Å². The van der Waals surface area contributed by atoms with Crippen LogP contribution in [0.5, 0.6) is 0 Å². The highest BCUT2D eigenvalue weighted by molar-refractivity contribution is 8.24. The first-order valence-electron chi connectivity index (χ1n) is 2.48. The van der Waals surface area contributed by atoms with Crippen molar-refractivity contribution in [2.75, 3.05) is 0 Å². The second-order valence-electron chi connectivity index (χ2n) is 1.68. The monoisotopic (exact) mass is 142 g/mol. The van der Waals surface area contributed by atoms with Crippen LogP contribution in [0.25, 0.3) is 0 Å². The number of thioether (sulfide) groups is 1. The van der Waals surface area contributed by atoms with Gasteiger partial charge in [0, 0.05) is 4.20 Å². The predicted molar refractivity (Wildman–Crippen MR) is 42.0 cm³/mol. The van der Waals surface area contributed by atoms with Crippen LogP contribution >= 0.6 is 24.0 Å². The molecule has 0 spiro atoms. The molecule has 0 aromatic heterocycles. The highest BCUT2D eigenvalue weighted by Gasteiger charge is 2.16. The van der Waals surface area contributed by atoms with Crippen molar-refractivity contribution in [2.45, 2.75) is 18.1 Å². The summed E-state index contributed by atoms with van der Waals surface area (Å²) in [7, 11) is 0. The summed E-state index contributed by atoms with van der Waals surface area (Å²) in [5.74, 6) is 2.67. The van der Waals surface area contributed by atoms with Gasteiger partial charge in [-0.3, -0.25) is 0 Å². The van der Waals surface area contributed by atoms with Crippen molar-refractivity contribution in [3.8, 4) is 12.3 Å². The third-order valence-corrected chi connectivity index (χ3v) is 2.69. The second-order valence-corrected chi connectivity index (χ2v) is 3.73. The van der Waals surface area contributed by atoms with E-state index in [-0.39, 0.29) is 0 Å². The van der Waals surface area contributed by atoms with E-state index in [2.05, 4.69) is 5.92 Å². The Morgan fingerprint density at radius 3 is 2.88 bits per heavy atom. The fourth-order valence-corrected chi connectivity index (χ4v) is 1.97. The smallest absolute Gasteiger partial charge is 0.0710 e. The summed E-state index contributed by atoms with van der Waals surface area (Å²) in [6.07, 6.45) is 7.29. The molecule has 0 radical (unpaired) electrons. The number of terminal acetylenes is 1. The van der Waals surface area contributed by atoms with E-state index < -0.39 is 0 Å². The Labute approximate surface area is 59.0 Å². The molecular weight excluding hydrogens is 136 g/mol. The molecule has 0 aromatic carbocycles. The van der Waals surface area contributed by atoms with Crippen LogP contribution in [0.4, 0.5) is 0 Å². The van der Waals surface area contributed by atoms with Crippen molar-refractivity contribution < 1.29 is 0 Å². The molecule has 1 aliphatic heterocycles. The summed E-state index contributed by atoms with van der Waals surface area (Å²) in [5.41, 5.74) is 0. The van der Waals surface area contributed by atoms with Crippen LogP contribution < -0.4 is 0 Å². The van der Waals surface area contributed by atoms with Gasteiger partial charge in [0.25, 0.3) is 0 Å². The number of hydrogen-bond donors (Lipinski definition) is 0. The summed E-state index contributed by atoms with van der Waals surface area (Å²) in [6.45, 7) is 0. The first-order valence-corrected chi connectivity index (χ1v) is 3.77. The van der Waals surface area contributed by atoms with Crippen LogP contribution in [-0.2, 0) is 0 Å². The van der Waals surface area contributed by atoms with E-state index >= 15 is 0 Å². The van der Waals surface area contributed by atoms with Crippen molar-refractivity contribution in [2.24, 2.45) is 0 Å². The molecule has 0 aliphatic carbocycles. The van der Waals surface area contributed by atoms with Gasteiger partial charge in [0.2, 0.25) is 0 Å². The maximum atomic E-state index is 5.17. The number of rotatable bonds is 0. The molecule has 0 bridgehead atoms. The molecule has 0 N–H and O–H groups in total. The van der Waals surface area contributed by atoms with Gasteiger partial charge in [0.05, 0.1) is 5.25 Å². The minimum Gasteiger partial charge on any atom is -0.119 e. The maximum Gasteiger partial charge on any atom is 0.0710 e. The molecule has 8 heavy (non-hydrogen) atoms. The molecular formula is C6H6S2. The Bertz CT molecular complexity index is 143. The van der Waals surface area contributed by atoms with Crippen LogP contribution in [0.1, 0.15) is 12.8 Å². The fraction of sp³-hybridized carbons (Fsp3) is 0.500. The van der Waals surface area contributed by atoms with E-state index in [4.69, 9.17) is 18.6 Å². The van der Waals surface area contributed by atoms with Crippen LogP contribution in [0.15, 0.2) is 0 Å². The van der Waals surface area contributed by atoms with Gasteiger partial charge in [0.1, 0.15) is 0 Å². The average Bonchev–Trinajstić information content (AvgIpc) is 2.14. The Morgan fingerprint density at radius 1 is 1.88 bits per heavy atom. The van der Waals surface area contributed by atoms with Crippen molar-refractivity contribution in [1.82, 2.24) is 0 Å².